The topological polar surface area (TPSA) is 80.9 Å². The molecule has 8 heteroatoms. The first-order valence-corrected chi connectivity index (χ1v) is 9.02. The summed E-state index contributed by atoms with van der Waals surface area (Å²) in [6, 6.07) is 6.76. The fourth-order valence-corrected chi connectivity index (χ4v) is 2.87. The highest BCUT2D eigenvalue weighted by Gasteiger charge is 2.20. The first-order valence-electron chi connectivity index (χ1n) is 9.02. The van der Waals surface area contributed by atoms with E-state index in [1.807, 2.05) is 12.1 Å². The number of hydrogen-bond acceptors (Lipinski definition) is 6. The highest BCUT2D eigenvalue weighted by molar-refractivity contribution is 5.74. The molecule has 0 saturated carbocycles. The van der Waals surface area contributed by atoms with Crippen molar-refractivity contribution >= 4 is 6.29 Å². The van der Waals surface area contributed by atoms with Gasteiger partial charge in [0, 0.05) is 29.4 Å². The predicted molar refractivity (Wildman–Crippen MR) is 98.7 cm³/mol. The minimum Gasteiger partial charge on any atom is -0.339 e. The first kappa shape index (κ1) is 19.8. The van der Waals surface area contributed by atoms with Gasteiger partial charge in [0.05, 0.1) is 0 Å². The van der Waals surface area contributed by atoms with Gasteiger partial charge in [-0.25, -0.2) is 8.78 Å². The summed E-state index contributed by atoms with van der Waals surface area (Å²) < 4.78 is 29.8. The van der Waals surface area contributed by atoms with Gasteiger partial charge in [-0.2, -0.15) is 4.98 Å². The molecule has 1 N–H and O–H groups in total. The van der Waals surface area contributed by atoms with Crippen molar-refractivity contribution < 1.29 is 18.1 Å². The molecule has 3 heterocycles. The maximum atomic E-state index is 12.2. The molecule has 0 amide bonds. The van der Waals surface area contributed by atoms with Gasteiger partial charge in [-0.1, -0.05) is 5.16 Å². The third-order valence-electron chi connectivity index (χ3n) is 4.38. The Morgan fingerprint density at radius 3 is 2.64 bits per heavy atom. The van der Waals surface area contributed by atoms with Gasteiger partial charge in [0.15, 0.2) is 11.6 Å². The molecule has 2 aromatic heterocycles. The number of benzene rings is 1. The summed E-state index contributed by atoms with van der Waals surface area (Å²) >= 11 is 0. The van der Waals surface area contributed by atoms with Crippen molar-refractivity contribution in [2.24, 2.45) is 0 Å². The number of carbonyl (C=O) groups is 1. The van der Waals surface area contributed by atoms with E-state index in [4.69, 9.17) is 4.52 Å². The average molecular weight is 386 g/mol. The Balaban J connectivity index is 0.000000192. The third kappa shape index (κ3) is 5.26. The summed E-state index contributed by atoms with van der Waals surface area (Å²) in [5.41, 5.74) is 1.09. The second-order valence-electron chi connectivity index (χ2n) is 6.36. The van der Waals surface area contributed by atoms with Gasteiger partial charge in [0.25, 0.3) is 0 Å². The van der Waals surface area contributed by atoms with Crippen LogP contribution in [0.4, 0.5) is 8.78 Å². The number of rotatable bonds is 3. The molecular weight excluding hydrogens is 366 g/mol. The van der Waals surface area contributed by atoms with E-state index in [-0.39, 0.29) is 5.56 Å². The molecule has 1 aliphatic heterocycles. The number of carbonyl (C=O) groups excluding carboxylic acids is 1. The van der Waals surface area contributed by atoms with Crippen LogP contribution in [-0.2, 0) is 0 Å². The normalized spacial score (nSPS) is 16.6. The minimum absolute atomic E-state index is 0.138. The lowest BCUT2D eigenvalue weighted by Crippen LogP contribution is -2.13. The van der Waals surface area contributed by atoms with Gasteiger partial charge in [-0.15, -0.1) is 0 Å². The zero-order valence-electron chi connectivity index (χ0n) is 15.1. The zero-order valence-corrected chi connectivity index (χ0v) is 15.1. The number of nitrogens with zero attached hydrogens (tertiary/aromatic N) is 3. The van der Waals surface area contributed by atoms with E-state index < -0.39 is 11.6 Å². The van der Waals surface area contributed by atoms with Gasteiger partial charge in [0.2, 0.25) is 11.7 Å². The molecule has 1 aliphatic rings. The van der Waals surface area contributed by atoms with Crippen LogP contribution in [0.2, 0.25) is 0 Å². The van der Waals surface area contributed by atoms with E-state index in [9.17, 15) is 13.6 Å². The van der Waals surface area contributed by atoms with Crippen LogP contribution in [0.1, 0.15) is 41.4 Å². The highest BCUT2D eigenvalue weighted by Crippen LogP contribution is 2.26. The van der Waals surface area contributed by atoms with Crippen molar-refractivity contribution in [3.05, 3.63) is 65.8 Å². The van der Waals surface area contributed by atoms with E-state index in [0.29, 0.717) is 18.0 Å². The number of pyridine rings is 1. The predicted octanol–water partition coefficient (Wildman–Crippen LogP) is 3.77. The molecule has 6 nitrogen and oxygen atoms in total. The van der Waals surface area contributed by atoms with Crippen LogP contribution >= 0.6 is 0 Å². The summed E-state index contributed by atoms with van der Waals surface area (Å²) in [4.78, 5) is 18.5. The number of aromatic nitrogens is 3. The summed E-state index contributed by atoms with van der Waals surface area (Å²) in [6.45, 7) is 2.11. The molecule has 28 heavy (non-hydrogen) atoms. The van der Waals surface area contributed by atoms with Gasteiger partial charge < -0.3 is 9.84 Å². The van der Waals surface area contributed by atoms with Gasteiger partial charge in [0.1, 0.15) is 6.29 Å². The van der Waals surface area contributed by atoms with Crippen LogP contribution in [0, 0.1) is 11.6 Å². The van der Waals surface area contributed by atoms with E-state index in [0.717, 1.165) is 55.9 Å². The smallest absolute Gasteiger partial charge is 0.230 e. The van der Waals surface area contributed by atoms with Crippen molar-refractivity contribution in [3.8, 4) is 11.4 Å². The van der Waals surface area contributed by atoms with Crippen molar-refractivity contribution in [2.75, 3.05) is 13.1 Å². The molecule has 1 fully saturated rings. The summed E-state index contributed by atoms with van der Waals surface area (Å²) in [5.74, 6) is -0.117. The first-order chi connectivity index (χ1) is 13.7. The standard InChI is InChI=1S/C13H16N4O.C7H4F2O/c1-2-11(5-9-14-6-1)13-16-12(17-18-13)10-3-7-15-8-4-10;8-6-2-1-5(4-10)3-7(6)9/h3-4,7-8,11,14H,1-2,5-6,9H2;1-4H/t11-;/m0./s1. The van der Waals surface area contributed by atoms with E-state index in [2.05, 4.69) is 20.4 Å². The maximum Gasteiger partial charge on any atom is 0.230 e. The quantitative estimate of drug-likeness (QED) is 0.690. The Hall–Kier alpha value is -3.00. The zero-order chi connectivity index (χ0) is 19.8. The Kier molecular flexibility index (Phi) is 6.91. The molecule has 0 unspecified atom stereocenters. The molecule has 0 radical (unpaired) electrons. The average Bonchev–Trinajstić information content (AvgIpc) is 3.07. The van der Waals surface area contributed by atoms with Crippen LogP contribution in [0.3, 0.4) is 0 Å². The maximum absolute atomic E-state index is 12.2. The van der Waals surface area contributed by atoms with Crippen LogP contribution in [0.25, 0.3) is 11.4 Å². The number of hydrogen-bond donors (Lipinski definition) is 1. The molecule has 1 atom stereocenters. The third-order valence-corrected chi connectivity index (χ3v) is 4.38. The van der Waals surface area contributed by atoms with Crippen LogP contribution < -0.4 is 5.32 Å². The molecule has 1 aromatic carbocycles. The Morgan fingerprint density at radius 1 is 1.07 bits per heavy atom. The monoisotopic (exact) mass is 386 g/mol. The Bertz CT molecular complexity index is 894. The lowest BCUT2D eigenvalue weighted by molar-refractivity contribution is 0.112. The fourth-order valence-electron chi connectivity index (χ4n) is 2.87. The van der Waals surface area contributed by atoms with Crippen molar-refractivity contribution in [1.82, 2.24) is 20.4 Å². The molecule has 0 bridgehead atoms. The van der Waals surface area contributed by atoms with Crippen molar-refractivity contribution in [1.29, 1.82) is 0 Å². The summed E-state index contributed by atoms with van der Waals surface area (Å²) in [7, 11) is 0. The van der Waals surface area contributed by atoms with Gasteiger partial charge >= 0.3 is 0 Å². The van der Waals surface area contributed by atoms with Crippen LogP contribution in [0.5, 0.6) is 0 Å². The highest BCUT2D eigenvalue weighted by atomic mass is 19.2. The molecule has 146 valence electrons. The van der Waals surface area contributed by atoms with E-state index >= 15 is 0 Å². The molecule has 0 aliphatic carbocycles. The van der Waals surface area contributed by atoms with Crippen LogP contribution in [0.15, 0.2) is 47.2 Å². The lowest BCUT2D eigenvalue weighted by Gasteiger charge is -2.06. The Morgan fingerprint density at radius 2 is 1.89 bits per heavy atom. The lowest BCUT2D eigenvalue weighted by atomic mass is 10.0. The molecule has 4 rings (SSSR count). The Labute approximate surface area is 161 Å². The SMILES string of the molecule is O=Cc1ccc(F)c(F)c1.c1cc(-c2noc([C@H]3CCCNCC3)n2)ccn1. The summed E-state index contributed by atoms with van der Waals surface area (Å²) in [6.07, 6.45) is 7.28. The van der Waals surface area contributed by atoms with Gasteiger partial charge in [-0.05, 0) is 62.7 Å². The molecule has 3 aromatic rings. The van der Waals surface area contributed by atoms with Crippen molar-refractivity contribution in [2.45, 2.75) is 25.2 Å². The summed E-state index contributed by atoms with van der Waals surface area (Å²) in [5, 5.41) is 7.45. The number of halogens is 2. The minimum atomic E-state index is -0.996. The number of aldehydes is 1. The molecule has 0 spiro atoms. The van der Waals surface area contributed by atoms with E-state index in [1.54, 1.807) is 12.4 Å². The van der Waals surface area contributed by atoms with Crippen LogP contribution in [-0.4, -0.2) is 34.5 Å². The number of nitrogens with one attached hydrogen (secondary N) is 1. The molecule has 1 saturated heterocycles. The second-order valence-corrected chi connectivity index (χ2v) is 6.36. The second kappa shape index (κ2) is 9.80. The van der Waals surface area contributed by atoms with Gasteiger partial charge in [-0.3, -0.25) is 9.78 Å². The fraction of sp³-hybridized carbons (Fsp3) is 0.300. The molecular formula is C20H20F2N4O2. The largest absolute Gasteiger partial charge is 0.339 e. The van der Waals surface area contributed by atoms with E-state index in [1.165, 1.54) is 6.07 Å². The van der Waals surface area contributed by atoms with Crippen molar-refractivity contribution in [3.63, 3.8) is 0 Å².